The molecule has 0 aliphatic heterocycles. The van der Waals surface area contributed by atoms with Crippen LogP contribution in [0.1, 0.15) is 5.56 Å². The van der Waals surface area contributed by atoms with Crippen LogP contribution in [0.2, 0.25) is 15.1 Å². The van der Waals surface area contributed by atoms with Crippen LogP contribution < -0.4 is 10.1 Å². The highest BCUT2D eigenvalue weighted by molar-refractivity contribution is 6.42. The van der Waals surface area contributed by atoms with Gasteiger partial charge in [-0.05, 0) is 35.9 Å². The fourth-order valence-corrected chi connectivity index (χ4v) is 2.47. The Bertz CT molecular complexity index is 795. The zero-order valence-electron chi connectivity index (χ0n) is 13.1. The molecule has 5 nitrogen and oxygen atoms in total. The van der Waals surface area contributed by atoms with Gasteiger partial charge in [-0.2, -0.15) is 0 Å². The molecule has 0 spiro atoms. The maximum atomic E-state index is 11.9. The predicted octanol–water partition coefficient (Wildman–Crippen LogP) is 4.38. The molecule has 0 atom stereocenters. The molecular formula is C17H14Cl3NO4. The maximum Gasteiger partial charge on any atom is 0.310 e. The summed E-state index contributed by atoms with van der Waals surface area (Å²) < 4.78 is 10.1. The molecule has 2 aromatic rings. The van der Waals surface area contributed by atoms with E-state index < -0.39 is 18.5 Å². The Labute approximate surface area is 159 Å². The van der Waals surface area contributed by atoms with Gasteiger partial charge in [-0.3, -0.25) is 9.59 Å². The second kappa shape index (κ2) is 8.94. The molecular weight excluding hydrogens is 389 g/mol. The molecule has 0 aliphatic rings. The van der Waals surface area contributed by atoms with E-state index in [0.29, 0.717) is 32.1 Å². The number of ether oxygens (including phenoxy) is 2. The van der Waals surface area contributed by atoms with Gasteiger partial charge in [-0.25, -0.2) is 0 Å². The van der Waals surface area contributed by atoms with Crippen LogP contribution >= 0.6 is 34.8 Å². The number of halogens is 3. The standard InChI is InChI=1S/C17H14Cl3NO4/c1-24-15-5-3-11(18)8-14(15)21-16(22)9-25-17(23)7-10-2-4-12(19)13(20)6-10/h2-6,8H,7,9H2,1H3,(H,21,22). The van der Waals surface area contributed by atoms with E-state index in [4.69, 9.17) is 44.3 Å². The number of rotatable bonds is 6. The van der Waals surface area contributed by atoms with Crippen LogP contribution in [0.4, 0.5) is 5.69 Å². The van der Waals surface area contributed by atoms with Crippen LogP contribution in [0.5, 0.6) is 5.75 Å². The summed E-state index contributed by atoms with van der Waals surface area (Å²) in [6, 6.07) is 9.61. The van der Waals surface area contributed by atoms with Gasteiger partial charge in [0.2, 0.25) is 0 Å². The highest BCUT2D eigenvalue weighted by Crippen LogP contribution is 2.27. The van der Waals surface area contributed by atoms with Gasteiger partial charge in [0.25, 0.3) is 5.91 Å². The Hall–Kier alpha value is -1.95. The molecule has 0 saturated heterocycles. The minimum atomic E-state index is -0.563. The van der Waals surface area contributed by atoms with Crippen LogP contribution in [-0.4, -0.2) is 25.6 Å². The van der Waals surface area contributed by atoms with Crippen LogP contribution in [-0.2, 0) is 20.7 Å². The summed E-state index contributed by atoms with van der Waals surface area (Å²) in [7, 11) is 1.47. The number of carbonyl (C=O) groups excluding carboxylic acids is 2. The van der Waals surface area contributed by atoms with Crippen LogP contribution in [0.3, 0.4) is 0 Å². The first-order valence-corrected chi connectivity index (χ1v) is 8.25. The Balaban J connectivity index is 1.88. The quantitative estimate of drug-likeness (QED) is 0.728. The number of methoxy groups -OCH3 is 1. The summed E-state index contributed by atoms with van der Waals surface area (Å²) in [6.07, 6.45) is -0.0232. The fourth-order valence-electron chi connectivity index (χ4n) is 1.98. The van der Waals surface area contributed by atoms with Gasteiger partial charge in [0, 0.05) is 5.02 Å². The number of nitrogens with one attached hydrogen (secondary N) is 1. The lowest BCUT2D eigenvalue weighted by Gasteiger charge is -2.11. The van der Waals surface area contributed by atoms with Crippen molar-refractivity contribution in [2.45, 2.75) is 6.42 Å². The molecule has 0 fully saturated rings. The van der Waals surface area contributed by atoms with Crippen molar-refractivity contribution in [1.29, 1.82) is 0 Å². The molecule has 2 rings (SSSR count). The van der Waals surface area contributed by atoms with Gasteiger partial charge in [0.15, 0.2) is 6.61 Å². The van der Waals surface area contributed by atoms with Crippen LogP contribution in [0, 0.1) is 0 Å². The van der Waals surface area contributed by atoms with E-state index >= 15 is 0 Å². The molecule has 2 aromatic carbocycles. The summed E-state index contributed by atoms with van der Waals surface area (Å²) in [5, 5.41) is 3.75. The van der Waals surface area contributed by atoms with Gasteiger partial charge in [-0.15, -0.1) is 0 Å². The molecule has 1 amide bonds. The van der Waals surface area contributed by atoms with E-state index in [-0.39, 0.29) is 6.42 Å². The van der Waals surface area contributed by atoms with Crippen molar-refractivity contribution in [3.63, 3.8) is 0 Å². The highest BCUT2D eigenvalue weighted by atomic mass is 35.5. The molecule has 132 valence electrons. The topological polar surface area (TPSA) is 64.6 Å². The molecule has 1 N–H and O–H groups in total. The first-order valence-electron chi connectivity index (χ1n) is 7.12. The Morgan fingerprint density at radius 2 is 1.80 bits per heavy atom. The molecule has 0 aliphatic carbocycles. The molecule has 0 radical (unpaired) electrons. The number of esters is 1. The number of amides is 1. The van der Waals surface area contributed by atoms with Crippen molar-refractivity contribution in [3.05, 3.63) is 57.0 Å². The Morgan fingerprint density at radius 3 is 2.48 bits per heavy atom. The lowest BCUT2D eigenvalue weighted by Crippen LogP contribution is -2.22. The largest absolute Gasteiger partial charge is 0.495 e. The molecule has 0 unspecified atom stereocenters. The molecule has 0 heterocycles. The number of carbonyl (C=O) groups is 2. The van der Waals surface area contributed by atoms with Gasteiger partial charge >= 0.3 is 5.97 Å². The molecule has 0 bridgehead atoms. The Kier molecular flexibility index (Phi) is 6.93. The third kappa shape index (κ3) is 5.81. The van der Waals surface area contributed by atoms with Crippen molar-refractivity contribution in [1.82, 2.24) is 0 Å². The minimum Gasteiger partial charge on any atom is -0.495 e. The molecule has 0 saturated carbocycles. The number of anilines is 1. The van der Waals surface area contributed by atoms with Crippen molar-refractivity contribution in [2.24, 2.45) is 0 Å². The summed E-state index contributed by atoms with van der Waals surface area (Å²) in [6.45, 7) is -0.435. The van der Waals surface area contributed by atoms with Gasteiger partial charge in [0.1, 0.15) is 5.75 Å². The zero-order chi connectivity index (χ0) is 18.4. The Morgan fingerprint density at radius 1 is 1.04 bits per heavy atom. The second-order valence-corrected chi connectivity index (χ2v) is 6.23. The van der Waals surface area contributed by atoms with E-state index in [9.17, 15) is 9.59 Å². The summed E-state index contributed by atoms with van der Waals surface area (Å²) >= 11 is 17.6. The van der Waals surface area contributed by atoms with Crippen molar-refractivity contribution < 1.29 is 19.1 Å². The van der Waals surface area contributed by atoms with Crippen LogP contribution in [0.15, 0.2) is 36.4 Å². The second-order valence-electron chi connectivity index (χ2n) is 4.98. The van der Waals surface area contributed by atoms with Gasteiger partial charge in [-0.1, -0.05) is 40.9 Å². The van der Waals surface area contributed by atoms with E-state index in [1.165, 1.54) is 13.2 Å². The number of hydrogen-bond acceptors (Lipinski definition) is 4. The monoisotopic (exact) mass is 401 g/mol. The summed E-state index contributed by atoms with van der Waals surface area (Å²) in [5.41, 5.74) is 1.02. The highest BCUT2D eigenvalue weighted by Gasteiger charge is 2.12. The van der Waals surface area contributed by atoms with E-state index in [1.54, 1.807) is 30.3 Å². The lowest BCUT2D eigenvalue weighted by atomic mass is 10.1. The average molecular weight is 403 g/mol. The average Bonchev–Trinajstić information content (AvgIpc) is 2.57. The summed E-state index contributed by atoms with van der Waals surface area (Å²) in [5.74, 6) is -0.630. The van der Waals surface area contributed by atoms with Crippen molar-refractivity contribution in [3.8, 4) is 5.75 Å². The fraction of sp³-hybridized carbons (Fsp3) is 0.176. The zero-order valence-corrected chi connectivity index (χ0v) is 15.4. The SMILES string of the molecule is COc1ccc(Cl)cc1NC(=O)COC(=O)Cc1ccc(Cl)c(Cl)c1. The van der Waals surface area contributed by atoms with Crippen LogP contribution in [0.25, 0.3) is 0 Å². The third-order valence-electron chi connectivity index (χ3n) is 3.13. The van der Waals surface area contributed by atoms with Gasteiger partial charge in [0.05, 0.1) is 29.3 Å². The molecule has 0 aromatic heterocycles. The smallest absolute Gasteiger partial charge is 0.310 e. The maximum absolute atomic E-state index is 11.9. The first-order chi connectivity index (χ1) is 11.9. The normalized spacial score (nSPS) is 10.2. The summed E-state index contributed by atoms with van der Waals surface area (Å²) in [4.78, 5) is 23.7. The van der Waals surface area contributed by atoms with Crippen molar-refractivity contribution in [2.75, 3.05) is 19.0 Å². The number of hydrogen-bond donors (Lipinski definition) is 1. The number of benzene rings is 2. The van der Waals surface area contributed by atoms with E-state index in [1.807, 2.05) is 0 Å². The third-order valence-corrected chi connectivity index (χ3v) is 4.11. The van der Waals surface area contributed by atoms with E-state index in [2.05, 4.69) is 5.32 Å². The predicted molar refractivity (Wildman–Crippen MR) is 97.8 cm³/mol. The molecule has 8 heteroatoms. The van der Waals surface area contributed by atoms with E-state index in [0.717, 1.165) is 0 Å². The lowest BCUT2D eigenvalue weighted by molar-refractivity contribution is -0.146. The van der Waals surface area contributed by atoms with Crippen molar-refractivity contribution >= 4 is 52.4 Å². The van der Waals surface area contributed by atoms with Gasteiger partial charge < -0.3 is 14.8 Å². The molecule has 25 heavy (non-hydrogen) atoms. The first kappa shape index (κ1) is 19.4. The minimum absolute atomic E-state index is 0.0232.